The van der Waals surface area contributed by atoms with Gasteiger partial charge >= 0.3 is 24.5 Å². The summed E-state index contributed by atoms with van der Waals surface area (Å²) in [4.78, 5) is 25.8. The Bertz CT molecular complexity index is 1200. The van der Waals surface area contributed by atoms with Gasteiger partial charge in [-0.05, 0) is 85.5 Å². The van der Waals surface area contributed by atoms with Gasteiger partial charge in [-0.1, -0.05) is 6.07 Å². The Morgan fingerprint density at radius 2 is 1.55 bits per heavy atom. The summed E-state index contributed by atoms with van der Waals surface area (Å²) in [6, 6.07) is 3.94. The molecule has 0 aromatic heterocycles. The molecule has 0 unspecified atom stereocenters. The smallest absolute Gasteiger partial charge is 0.416 e. The molecule has 2 atom stereocenters. The summed E-state index contributed by atoms with van der Waals surface area (Å²) in [6.45, 7) is 1.26. The minimum absolute atomic E-state index is 0.0396. The lowest BCUT2D eigenvalue weighted by molar-refractivity contribution is -0.143. The number of carbonyl (C=O) groups is 2. The van der Waals surface area contributed by atoms with Crippen molar-refractivity contribution in [3.8, 4) is 0 Å². The highest BCUT2D eigenvalue weighted by Gasteiger charge is 2.38. The number of carbonyl (C=O) groups excluding carboxylic acids is 1. The summed E-state index contributed by atoms with van der Waals surface area (Å²) < 4.78 is 83.6. The lowest BCUT2D eigenvalue weighted by atomic mass is 9.84. The van der Waals surface area contributed by atoms with Gasteiger partial charge in [0.2, 0.25) is 0 Å². The molecule has 0 spiro atoms. The van der Waals surface area contributed by atoms with Gasteiger partial charge < -0.3 is 15.2 Å². The molecule has 4 rings (SSSR count). The minimum atomic E-state index is -4.97. The van der Waals surface area contributed by atoms with Crippen molar-refractivity contribution in [2.24, 2.45) is 0 Å². The molecule has 1 aliphatic heterocycles. The molecule has 2 aromatic rings. The molecule has 2 aliphatic rings. The molecule has 1 heterocycles. The van der Waals surface area contributed by atoms with Gasteiger partial charge in [0.05, 0.1) is 29.5 Å². The van der Waals surface area contributed by atoms with Crippen LogP contribution in [-0.2, 0) is 36.4 Å². The molecular formula is C26H26F6N2O4. The zero-order valence-corrected chi connectivity index (χ0v) is 20.4. The van der Waals surface area contributed by atoms with Gasteiger partial charge in [-0.25, -0.2) is 9.59 Å². The summed E-state index contributed by atoms with van der Waals surface area (Å²) in [5.74, 6) is 0. The lowest BCUT2D eigenvalue weighted by Gasteiger charge is -2.39. The monoisotopic (exact) mass is 544 g/mol. The third-order valence-corrected chi connectivity index (χ3v) is 6.91. The van der Waals surface area contributed by atoms with Gasteiger partial charge in [0, 0.05) is 12.5 Å². The van der Waals surface area contributed by atoms with Crippen LogP contribution in [-0.4, -0.2) is 29.9 Å². The number of alkyl halides is 6. The predicted octanol–water partition coefficient (Wildman–Crippen LogP) is 6.89. The van der Waals surface area contributed by atoms with Crippen LogP contribution in [0.3, 0.4) is 0 Å². The Kier molecular flexibility index (Phi) is 7.53. The first-order valence-electron chi connectivity index (χ1n) is 12.1. The predicted molar refractivity (Wildman–Crippen MR) is 125 cm³/mol. The van der Waals surface area contributed by atoms with Crippen molar-refractivity contribution in [3.05, 3.63) is 63.7 Å². The van der Waals surface area contributed by atoms with Crippen LogP contribution in [0.2, 0.25) is 0 Å². The number of fused-ring (bicyclic) bond motifs is 2. The second kappa shape index (κ2) is 10.4. The average molecular weight is 544 g/mol. The zero-order valence-electron chi connectivity index (χ0n) is 20.4. The molecule has 38 heavy (non-hydrogen) atoms. The van der Waals surface area contributed by atoms with E-state index >= 15 is 0 Å². The van der Waals surface area contributed by atoms with E-state index in [2.05, 4.69) is 5.32 Å². The van der Waals surface area contributed by atoms with Gasteiger partial charge in [0.15, 0.2) is 0 Å². The first-order chi connectivity index (χ1) is 17.7. The SMILES string of the molecule is C[C@@H]1C[C@H](NC(=O)OCCc2cc(C(F)(F)F)cc(C(F)(F)F)c2)c2cc3c(cc2N1C(=O)O)CCCC3. The largest absolute Gasteiger partial charge is 0.465 e. The number of rotatable bonds is 4. The van der Waals surface area contributed by atoms with Crippen LogP contribution in [0.25, 0.3) is 0 Å². The van der Waals surface area contributed by atoms with Crippen molar-refractivity contribution in [2.75, 3.05) is 11.5 Å². The number of ether oxygens (including phenoxy) is 1. The van der Waals surface area contributed by atoms with E-state index in [0.29, 0.717) is 23.4 Å². The van der Waals surface area contributed by atoms with Crippen molar-refractivity contribution < 1.29 is 45.8 Å². The number of hydrogen-bond acceptors (Lipinski definition) is 3. The van der Waals surface area contributed by atoms with E-state index in [1.807, 2.05) is 12.1 Å². The quantitative estimate of drug-likeness (QED) is 0.411. The molecule has 2 N–H and O–H groups in total. The maximum absolute atomic E-state index is 13.1. The highest BCUT2D eigenvalue weighted by Crippen LogP contribution is 2.41. The molecule has 0 bridgehead atoms. The van der Waals surface area contributed by atoms with Crippen LogP contribution < -0.4 is 10.2 Å². The fraction of sp³-hybridized carbons (Fsp3) is 0.462. The van der Waals surface area contributed by atoms with E-state index in [1.165, 1.54) is 4.90 Å². The Labute approximate surface area is 214 Å². The molecule has 0 radical (unpaired) electrons. The van der Waals surface area contributed by atoms with Crippen LogP contribution in [0.1, 0.15) is 65.6 Å². The normalized spacial score (nSPS) is 19.4. The Balaban J connectivity index is 1.48. The second-order valence-corrected chi connectivity index (χ2v) is 9.62. The number of halogens is 6. The third-order valence-electron chi connectivity index (χ3n) is 6.91. The maximum atomic E-state index is 13.1. The van der Waals surface area contributed by atoms with Crippen LogP contribution in [0, 0.1) is 0 Å². The van der Waals surface area contributed by atoms with Crippen LogP contribution in [0.5, 0.6) is 0 Å². The van der Waals surface area contributed by atoms with Gasteiger partial charge in [0.25, 0.3) is 0 Å². The van der Waals surface area contributed by atoms with Crippen molar-refractivity contribution >= 4 is 17.9 Å². The van der Waals surface area contributed by atoms with Crippen molar-refractivity contribution in [3.63, 3.8) is 0 Å². The number of benzene rings is 2. The fourth-order valence-corrected chi connectivity index (χ4v) is 5.13. The number of aryl methyl sites for hydroxylation is 2. The molecule has 2 aromatic carbocycles. The summed E-state index contributed by atoms with van der Waals surface area (Å²) in [7, 11) is 0. The van der Waals surface area contributed by atoms with Crippen molar-refractivity contribution in [1.82, 2.24) is 5.32 Å². The molecule has 2 amide bonds. The third kappa shape index (κ3) is 5.99. The Morgan fingerprint density at radius 3 is 2.11 bits per heavy atom. The Hall–Kier alpha value is -3.44. The number of anilines is 1. The molecule has 0 saturated carbocycles. The van der Waals surface area contributed by atoms with E-state index in [0.717, 1.165) is 36.8 Å². The van der Waals surface area contributed by atoms with Gasteiger partial charge in [-0.3, -0.25) is 4.90 Å². The number of hydrogen-bond donors (Lipinski definition) is 2. The lowest BCUT2D eigenvalue weighted by Crippen LogP contribution is -2.46. The van der Waals surface area contributed by atoms with Crippen molar-refractivity contribution in [2.45, 2.75) is 69.9 Å². The van der Waals surface area contributed by atoms with Crippen LogP contribution in [0.15, 0.2) is 30.3 Å². The Morgan fingerprint density at radius 1 is 0.974 bits per heavy atom. The number of amides is 2. The molecule has 206 valence electrons. The summed E-state index contributed by atoms with van der Waals surface area (Å²) >= 11 is 0. The number of carboxylic acid groups (broad SMARTS) is 1. The van der Waals surface area contributed by atoms with Crippen LogP contribution in [0.4, 0.5) is 41.6 Å². The first kappa shape index (κ1) is 27.6. The number of nitrogens with zero attached hydrogens (tertiary/aromatic N) is 1. The summed E-state index contributed by atoms with van der Waals surface area (Å²) in [6.07, 6.45) is -8.41. The van der Waals surface area contributed by atoms with E-state index in [4.69, 9.17) is 4.74 Å². The van der Waals surface area contributed by atoms with E-state index in [1.54, 1.807) is 6.92 Å². The van der Waals surface area contributed by atoms with Gasteiger partial charge in [-0.2, -0.15) is 26.3 Å². The van der Waals surface area contributed by atoms with Crippen molar-refractivity contribution in [1.29, 1.82) is 0 Å². The first-order valence-corrected chi connectivity index (χ1v) is 12.1. The zero-order chi connectivity index (χ0) is 27.8. The summed E-state index contributed by atoms with van der Waals surface area (Å²) in [5.41, 5.74) is 0.0924. The van der Waals surface area contributed by atoms with E-state index in [9.17, 15) is 41.0 Å². The number of alkyl carbamates (subject to hydrolysis) is 1. The highest BCUT2D eigenvalue weighted by atomic mass is 19.4. The average Bonchev–Trinajstić information content (AvgIpc) is 2.81. The van der Waals surface area contributed by atoms with Gasteiger partial charge in [0.1, 0.15) is 0 Å². The van der Waals surface area contributed by atoms with E-state index < -0.39 is 54.4 Å². The molecule has 1 aliphatic carbocycles. The topological polar surface area (TPSA) is 78.9 Å². The highest BCUT2D eigenvalue weighted by molar-refractivity contribution is 5.89. The molecule has 12 heteroatoms. The van der Waals surface area contributed by atoms with Gasteiger partial charge in [-0.15, -0.1) is 0 Å². The molecule has 0 fully saturated rings. The van der Waals surface area contributed by atoms with E-state index in [-0.39, 0.29) is 24.5 Å². The molecule has 0 saturated heterocycles. The molecular weight excluding hydrogens is 518 g/mol. The maximum Gasteiger partial charge on any atom is 0.416 e. The fourth-order valence-electron chi connectivity index (χ4n) is 5.13. The number of nitrogens with one attached hydrogen (secondary N) is 1. The minimum Gasteiger partial charge on any atom is -0.465 e. The van der Waals surface area contributed by atoms with Crippen LogP contribution >= 0.6 is 0 Å². The standard InChI is InChI=1S/C26H26F6N2O4/c1-14-8-21(20-11-16-4-2-3-5-17(16)12-22(20)34(14)24(36)37)33-23(35)38-7-6-15-9-18(25(27,28)29)13-19(10-15)26(30,31)32/h9-14,21H,2-8H2,1H3,(H,33,35)(H,36,37)/t14-,21+/m1/s1. The molecule has 6 nitrogen and oxygen atoms in total. The summed E-state index contributed by atoms with van der Waals surface area (Å²) in [5, 5.41) is 12.5. The second-order valence-electron chi connectivity index (χ2n) is 9.62.